The Hall–Kier alpha value is -1.01. The van der Waals surface area contributed by atoms with E-state index in [2.05, 4.69) is 9.97 Å². The number of carbonyl (C=O) groups is 1. The summed E-state index contributed by atoms with van der Waals surface area (Å²) in [5.74, 6) is 1.36. The molecule has 0 N–H and O–H groups in total. The molecule has 116 valence electrons. The molecule has 1 amide bonds. The lowest BCUT2D eigenvalue weighted by Gasteiger charge is -2.24. The largest absolute Gasteiger partial charge is 0.444 e. The van der Waals surface area contributed by atoms with Crippen molar-refractivity contribution in [2.24, 2.45) is 5.92 Å². The van der Waals surface area contributed by atoms with Crippen molar-refractivity contribution in [3.63, 3.8) is 0 Å². The second-order valence-corrected chi connectivity index (χ2v) is 7.50. The standard InChI is InChI=1S/C14H20ClN3O2S/c1-14(2,3)20-13(19)18-5-4-10(7-18)8-21-12-6-11(15)16-9-17-12/h6,9-10H,4-5,7-8H2,1-3H3. The maximum atomic E-state index is 12.0. The van der Waals surface area contributed by atoms with Crippen LogP contribution in [-0.4, -0.2) is 45.4 Å². The van der Waals surface area contributed by atoms with Crippen LogP contribution in [0.25, 0.3) is 0 Å². The van der Waals surface area contributed by atoms with Gasteiger partial charge in [-0.15, -0.1) is 11.8 Å². The number of amides is 1. The van der Waals surface area contributed by atoms with Gasteiger partial charge in [0, 0.05) is 24.9 Å². The minimum Gasteiger partial charge on any atom is -0.444 e. The number of rotatable bonds is 3. The molecule has 21 heavy (non-hydrogen) atoms. The Labute approximate surface area is 134 Å². The average Bonchev–Trinajstić information content (AvgIpc) is 2.83. The first-order chi connectivity index (χ1) is 9.83. The molecule has 0 radical (unpaired) electrons. The summed E-state index contributed by atoms with van der Waals surface area (Å²) in [5, 5.41) is 1.32. The molecule has 1 saturated heterocycles. The minimum atomic E-state index is -0.443. The van der Waals surface area contributed by atoms with Gasteiger partial charge in [-0.2, -0.15) is 0 Å². The number of ether oxygens (including phenoxy) is 1. The molecule has 1 aliphatic rings. The molecule has 2 heterocycles. The second-order valence-electron chi connectivity index (χ2n) is 6.07. The fraction of sp³-hybridized carbons (Fsp3) is 0.643. The number of nitrogens with zero attached hydrogens (tertiary/aromatic N) is 3. The van der Waals surface area contributed by atoms with E-state index in [0.29, 0.717) is 11.1 Å². The molecule has 2 rings (SSSR count). The molecule has 1 aromatic heterocycles. The molecule has 0 aliphatic carbocycles. The summed E-state index contributed by atoms with van der Waals surface area (Å²) in [6.07, 6.45) is 2.23. The van der Waals surface area contributed by atoms with Gasteiger partial charge in [-0.1, -0.05) is 11.6 Å². The van der Waals surface area contributed by atoms with Crippen LogP contribution in [0.5, 0.6) is 0 Å². The molecule has 1 aromatic rings. The topological polar surface area (TPSA) is 55.3 Å². The summed E-state index contributed by atoms with van der Waals surface area (Å²) in [4.78, 5) is 21.8. The molecule has 0 spiro atoms. The van der Waals surface area contributed by atoms with Gasteiger partial charge in [-0.3, -0.25) is 0 Å². The molecule has 0 aromatic carbocycles. The van der Waals surface area contributed by atoms with Crippen molar-refractivity contribution in [2.45, 2.75) is 37.8 Å². The molecule has 1 fully saturated rings. The van der Waals surface area contributed by atoms with Gasteiger partial charge < -0.3 is 9.64 Å². The highest BCUT2D eigenvalue weighted by Crippen LogP contribution is 2.26. The zero-order valence-electron chi connectivity index (χ0n) is 12.5. The van der Waals surface area contributed by atoms with Gasteiger partial charge in [0.05, 0.1) is 0 Å². The SMILES string of the molecule is CC(C)(C)OC(=O)N1CCC(CSc2cc(Cl)ncn2)C1. The van der Waals surface area contributed by atoms with E-state index in [4.69, 9.17) is 16.3 Å². The van der Waals surface area contributed by atoms with E-state index in [1.54, 1.807) is 22.7 Å². The molecule has 1 atom stereocenters. The van der Waals surface area contributed by atoms with Crippen LogP contribution in [0, 0.1) is 5.92 Å². The normalized spacial score (nSPS) is 18.9. The Balaban J connectivity index is 1.79. The van der Waals surface area contributed by atoms with Gasteiger partial charge in [-0.25, -0.2) is 14.8 Å². The van der Waals surface area contributed by atoms with Gasteiger partial charge in [-0.05, 0) is 33.1 Å². The second kappa shape index (κ2) is 6.83. The van der Waals surface area contributed by atoms with Crippen LogP contribution >= 0.6 is 23.4 Å². The van der Waals surface area contributed by atoms with Crippen LogP contribution in [0.3, 0.4) is 0 Å². The first kappa shape index (κ1) is 16.4. The molecule has 1 aliphatic heterocycles. The van der Waals surface area contributed by atoms with Crippen molar-refractivity contribution in [3.8, 4) is 0 Å². The highest BCUT2D eigenvalue weighted by molar-refractivity contribution is 7.99. The summed E-state index contributed by atoms with van der Waals surface area (Å²) < 4.78 is 5.39. The number of carbonyl (C=O) groups excluding carboxylic acids is 1. The monoisotopic (exact) mass is 329 g/mol. The van der Waals surface area contributed by atoms with Crippen molar-refractivity contribution in [2.75, 3.05) is 18.8 Å². The molecular formula is C14H20ClN3O2S. The lowest BCUT2D eigenvalue weighted by Crippen LogP contribution is -2.35. The molecular weight excluding hydrogens is 310 g/mol. The summed E-state index contributed by atoms with van der Waals surface area (Å²) >= 11 is 7.48. The van der Waals surface area contributed by atoms with E-state index in [1.165, 1.54) is 6.33 Å². The maximum absolute atomic E-state index is 12.0. The number of hydrogen-bond donors (Lipinski definition) is 0. The number of halogens is 1. The van der Waals surface area contributed by atoms with Crippen molar-refractivity contribution in [1.29, 1.82) is 0 Å². The van der Waals surface area contributed by atoms with E-state index in [9.17, 15) is 4.79 Å². The first-order valence-electron chi connectivity index (χ1n) is 6.92. The number of aromatic nitrogens is 2. The van der Waals surface area contributed by atoms with Crippen LogP contribution in [-0.2, 0) is 4.74 Å². The van der Waals surface area contributed by atoms with Gasteiger partial charge in [0.1, 0.15) is 22.1 Å². The summed E-state index contributed by atoms with van der Waals surface area (Å²) in [6.45, 7) is 7.14. The van der Waals surface area contributed by atoms with Crippen LogP contribution in [0.2, 0.25) is 5.15 Å². The van der Waals surface area contributed by atoms with E-state index in [0.717, 1.165) is 30.3 Å². The third-order valence-electron chi connectivity index (χ3n) is 3.01. The molecule has 0 saturated carbocycles. The quantitative estimate of drug-likeness (QED) is 0.627. The molecule has 0 bridgehead atoms. The Morgan fingerprint density at radius 2 is 2.29 bits per heavy atom. The summed E-state index contributed by atoms with van der Waals surface area (Å²) in [7, 11) is 0. The highest BCUT2D eigenvalue weighted by atomic mass is 35.5. The third-order valence-corrected chi connectivity index (χ3v) is 4.38. The Morgan fingerprint density at radius 3 is 2.95 bits per heavy atom. The van der Waals surface area contributed by atoms with Crippen LogP contribution in [0.1, 0.15) is 27.2 Å². The Bertz CT molecular complexity index is 507. The van der Waals surface area contributed by atoms with Gasteiger partial charge >= 0.3 is 6.09 Å². The predicted octanol–water partition coefficient (Wildman–Crippen LogP) is 3.48. The number of hydrogen-bond acceptors (Lipinski definition) is 5. The molecule has 7 heteroatoms. The first-order valence-corrected chi connectivity index (χ1v) is 8.28. The van der Waals surface area contributed by atoms with Crippen LogP contribution < -0.4 is 0 Å². The number of likely N-dealkylation sites (tertiary alicyclic amines) is 1. The fourth-order valence-corrected chi connectivity index (χ4v) is 3.27. The fourth-order valence-electron chi connectivity index (χ4n) is 2.06. The minimum absolute atomic E-state index is 0.222. The Morgan fingerprint density at radius 1 is 1.52 bits per heavy atom. The van der Waals surface area contributed by atoms with E-state index >= 15 is 0 Å². The Kier molecular flexibility index (Phi) is 5.32. The van der Waals surface area contributed by atoms with E-state index < -0.39 is 5.60 Å². The van der Waals surface area contributed by atoms with Gasteiger partial charge in [0.2, 0.25) is 0 Å². The van der Waals surface area contributed by atoms with Crippen molar-refractivity contribution >= 4 is 29.5 Å². The van der Waals surface area contributed by atoms with Crippen LogP contribution in [0.15, 0.2) is 17.4 Å². The highest BCUT2D eigenvalue weighted by Gasteiger charge is 2.29. The molecule has 5 nitrogen and oxygen atoms in total. The van der Waals surface area contributed by atoms with Crippen molar-refractivity contribution in [1.82, 2.24) is 14.9 Å². The van der Waals surface area contributed by atoms with E-state index in [1.807, 2.05) is 20.8 Å². The third kappa shape index (κ3) is 5.36. The summed E-state index contributed by atoms with van der Waals surface area (Å²) in [5.41, 5.74) is -0.443. The summed E-state index contributed by atoms with van der Waals surface area (Å²) in [6, 6.07) is 1.76. The average molecular weight is 330 g/mol. The van der Waals surface area contributed by atoms with E-state index in [-0.39, 0.29) is 6.09 Å². The van der Waals surface area contributed by atoms with Crippen molar-refractivity contribution in [3.05, 3.63) is 17.5 Å². The van der Waals surface area contributed by atoms with Crippen molar-refractivity contribution < 1.29 is 9.53 Å². The lowest BCUT2D eigenvalue weighted by atomic mass is 10.2. The van der Waals surface area contributed by atoms with Gasteiger partial charge in [0.15, 0.2) is 0 Å². The van der Waals surface area contributed by atoms with Crippen LogP contribution in [0.4, 0.5) is 4.79 Å². The number of thioether (sulfide) groups is 1. The smallest absolute Gasteiger partial charge is 0.410 e. The molecule has 1 unspecified atom stereocenters. The zero-order chi connectivity index (χ0) is 15.5. The lowest BCUT2D eigenvalue weighted by molar-refractivity contribution is 0.0289. The maximum Gasteiger partial charge on any atom is 0.410 e. The zero-order valence-corrected chi connectivity index (χ0v) is 14.1. The van der Waals surface area contributed by atoms with Gasteiger partial charge in [0.25, 0.3) is 0 Å². The predicted molar refractivity (Wildman–Crippen MR) is 83.7 cm³/mol.